The van der Waals surface area contributed by atoms with Gasteiger partial charge >= 0.3 is 6.09 Å². The lowest BCUT2D eigenvalue weighted by atomic mass is 10.0. The molecule has 1 saturated heterocycles. The SMILES string of the molecule is [C-]#[N+]c1ccc(-c2nn(CC(=O)NC3CCN(C(=O)OC(C)(C)C)C3)cc2-c2ccc(OC)c(F)c2)cc1F. The Balaban J connectivity index is 1.55. The monoisotopic (exact) mass is 537 g/mol. The molecule has 0 radical (unpaired) electrons. The first kappa shape index (κ1) is 27.6. The third kappa shape index (κ3) is 6.52. The van der Waals surface area contributed by atoms with Gasteiger partial charge in [0.1, 0.15) is 23.7 Å². The number of rotatable bonds is 6. The van der Waals surface area contributed by atoms with Gasteiger partial charge in [0.15, 0.2) is 11.6 Å². The molecule has 11 heteroatoms. The molecule has 1 aromatic heterocycles. The highest BCUT2D eigenvalue weighted by molar-refractivity contribution is 5.82. The van der Waals surface area contributed by atoms with E-state index in [0.717, 1.165) is 0 Å². The first-order valence-electron chi connectivity index (χ1n) is 12.3. The van der Waals surface area contributed by atoms with Crippen molar-refractivity contribution in [2.75, 3.05) is 20.2 Å². The van der Waals surface area contributed by atoms with Crippen LogP contribution >= 0.6 is 0 Å². The van der Waals surface area contributed by atoms with Gasteiger partial charge in [-0.3, -0.25) is 9.48 Å². The van der Waals surface area contributed by atoms with Crippen LogP contribution in [0.15, 0.2) is 42.6 Å². The van der Waals surface area contributed by atoms with Crippen molar-refractivity contribution in [2.24, 2.45) is 0 Å². The first-order chi connectivity index (χ1) is 18.5. The van der Waals surface area contributed by atoms with E-state index in [9.17, 15) is 18.4 Å². The molecular weight excluding hydrogens is 508 g/mol. The Bertz CT molecular complexity index is 1440. The van der Waals surface area contributed by atoms with E-state index < -0.39 is 23.3 Å². The van der Waals surface area contributed by atoms with Crippen molar-refractivity contribution in [1.82, 2.24) is 20.0 Å². The molecule has 2 heterocycles. The fraction of sp³-hybridized carbons (Fsp3) is 0.357. The number of carbonyl (C=O) groups is 2. The molecule has 1 unspecified atom stereocenters. The Labute approximate surface area is 225 Å². The van der Waals surface area contributed by atoms with Crippen LogP contribution in [0.25, 0.3) is 27.2 Å². The van der Waals surface area contributed by atoms with Crippen LogP contribution in [0, 0.1) is 18.2 Å². The molecule has 4 rings (SSSR count). The number of nitrogens with one attached hydrogen (secondary N) is 1. The molecular formula is C28H29F2N5O4. The lowest BCUT2D eigenvalue weighted by Gasteiger charge is -2.24. The normalized spacial score (nSPS) is 15.1. The fourth-order valence-electron chi connectivity index (χ4n) is 4.30. The summed E-state index contributed by atoms with van der Waals surface area (Å²) in [5.41, 5.74) is 0.866. The minimum absolute atomic E-state index is 0.0662. The molecule has 1 atom stereocenters. The number of halogens is 2. The van der Waals surface area contributed by atoms with E-state index in [0.29, 0.717) is 41.9 Å². The Morgan fingerprint density at radius 1 is 1.15 bits per heavy atom. The van der Waals surface area contributed by atoms with Crippen molar-refractivity contribution in [2.45, 2.75) is 45.4 Å². The maximum absolute atomic E-state index is 14.5. The molecule has 39 heavy (non-hydrogen) atoms. The number of likely N-dealkylation sites (tertiary alicyclic amines) is 1. The van der Waals surface area contributed by atoms with Crippen molar-refractivity contribution in [3.8, 4) is 28.1 Å². The summed E-state index contributed by atoms with van der Waals surface area (Å²) in [6.07, 6.45) is 1.74. The second-order valence-electron chi connectivity index (χ2n) is 10.2. The summed E-state index contributed by atoms with van der Waals surface area (Å²) in [7, 11) is 1.36. The van der Waals surface area contributed by atoms with Crippen LogP contribution < -0.4 is 10.1 Å². The quantitative estimate of drug-likeness (QED) is 0.438. The lowest BCUT2D eigenvalue weighted by Crippen LogP contribution is -2.41. The van der Waals surface area contributed by atoms with Crippen LogP contribution in [0.4, 0.5) is 19.3 Å². The van der Waals surface area contributed by atoms with Gasteiger partial charge < -0.3 is 19.7 Å². The molecule has 0 bridgehead atoms. The molecule has 9 nitrogen and oxygen atoms in total. The predicted octanol–water partition coefficient (Wildman–Crippen LogP) is 5.18. The molecule has 2 amide bonds. The molecule has 1 aliphatic rings. The average molecular weight is 538 g/mol. The van der Waals surface area contributed by atoms with Gasteiger partial charge in [-0.2, -0.15) is 5.10 Å². The number of ether oxygens (including phenoxy) is 2. The first-order valence-corrected chi connectivity index (χ1v) is 12.3. The molecule has 3 aromatic rings. The minimum Gasteiger partial charge on any atom is -0.494 e. The maximum Gasteiger partial charge on any atom is 0.410 e. The molecule has 204 valence electrons. The topological polar surface area (TPSA) is 90.1 Å². The number of methoxy groups -OCH3 is 1. The number of hydrogen-bond acceptors (Lipinski definition) is 5. The summed E-state index contributed by atoms with van der Waals surface area (Å²) >= 11 is 0. The Morgan fingerprint density at radius 2 is 1.87 bits per heavy atom. The van der Waals surface area contributed by atoms with Gasteiger partial charge in [0.25, 0.3) is 0 Å². The van der Waals surface area contributed by atoms with E-state index in [-0.39, 0.29) is 29.9 Å². The largest absolute Gasteiger partial charge is 0.494 e. The van der Waals surface area contributed by atoms with Crippen LogP contribution in [-0.4, -0.2) is 58.5 Å². The van der Waals surface area contributed by atoms with E-state index in [1.54, 1.807) is 44.0 Å². The molecule has 1 aliphatic heterocycles. The highest BCUT2D eigenvalue weighted by Gasteiger charge is 2.30. The zero-order valence-electron chi connectivity index (χ0n) is 22.1. The lowest BCUT2D eigenvalue weighted by molar-refractivity contribution is -0.122. The Hall–Kier alpha value is -4.46. The molecule has 2 aromatic carbocycles. The number of carbonyl (C=O) groups excluding carboxylic acids is 2. The number of benzene rings is 2. The minimum atomic E-state index is -0.711. The average Bonchev–Trinajstić information content (AvgIpc) is 3.50. The third-order valence-corrected chi connectivity index (χ3v) is 6.08. The van der Waals surface area contributed by atoms with Crippen molar-refractivity contribution in [1.29, 1.82) is 0 Å². The van der Waals surface area contributed by atoms with Crippen molar-refractivity contribution in [3.63, 3.8) is 0 Å². The van der Waals surface area contributed by atoms with Gasteiger partial charge in [0.05, 0.1) is 13.7 Å². The Morgan fingerprint density at radius 3 is 2.51 bits per heavy atom. The highest BCUT2D eigenvalue weighted by atomic mass is 19.1. The van der Waals surface area contributed by atoms with Crippen molar-refractivity contribution in [3.05, 3.63) is 65.6 Å². The van der Waals surface area contributed by atoms with Gasteiger partial charge in [-0.05, 0) is 51.0 Å². The molecule has 1 fully saturated rings. The molecule has 0 aliphatic carbocycles. The fourth-order valence-corrected chi connectivity index (χ4v) is 4.30. The predicted molar refractivity (Wildman–Crippen MR) is 140 cm³/mol. The van der Waals surface area contributed by atoms with Crippen LogP contribution in [-0.2, 0) is 16.1 Å². The van der Waals surface area contributed by atoms with Crippen LogP contribution in [0.1, 0.15) is 27.2 Å². The zero-order valence-corrected chi connectivity index (χ0v) is 22.1. The van der Waals surface area contributed by atoms with Crippen LogP contribution in [0.5, 0.6) is 5.75 Å². The second kappa shape index (κ2) is 11.1. The van der Waals surface area contributed by atoms with E-state index in [2.05, 4.69) is 15.3 Å². The molecule has 0 saturated carbocycles. The summed E-state index contributed by atoms with van der Waals surface area (Å²) in [6, 6.07) is 8.22. The summed E-state index contributed by atoms with van der Waals surface area (Å²) in [5.74, 6) is -1.56. The second-order valence-corrected chi connectivity index (χ2v) is 10.2. The summed E-state index contributed by atoms with van der Waals surface area (Å²) in [5, 5.41) is 7.41. The number of aromatic nitrogens is 2. The standard InChI is InChI=1S/C28H29F2N5O4/c1-28(2,3)39-27(37)34-11-10-19(14-34)32-25(36)16-35-15-20(17-7-9-24(38-5)22(30)12-17)26(33-35)18-6-8-23(31-4)21(29)13-18/h6-9,12-13,15,19H,10-11,14,16H2,1-3,5H3,(H,32,36). The zero-order chi connectivity index (χ0) is 28.3. The van der Waals surface area contributed by atoms with E-state index >= 15 is 0 Å². The molecule has 1 N–H and O–H groups in total. The third-order valence-electron chi connectivity index (χ3n) is 6.08. The highest BCUT2D eigenvalue weighted by Crippen LogP contribution is 2.35. The van der Waals surface area contributed by atoms with Crippen LogP contribution in [0.3, 0.4) is 0 Å². The van der Waals surface area contributed by atoms with Crippen molar-refractivity contribution >= 4 is 17.7 Å². The van der Waals surface area contributed by atoms with E-state index in [4.69, 9.17) is 16.0 Å². The van der Waals surface area contributed by atoms with Crippen LogP contribution in [0.2, 0.25) is 0 Å². The van der Waals surface area contributed by atoms with E-state index in [1.807, 2.05) is 0 Å². The summed E-state index contributed by atoms with van der Waals surface area (Å²) in [4.78, 5) is 29.9. The smallest absolute Gasteiger partial charge is 0.410 e. The van der Waals surface area contributed by atoms with Gasteiger partial charge in [0.2, 0.25) is 11.6 Å². The Kier molecular flexibility index (Phi) is 7.85. The van der Waals surface area contributed by atoms with Crippen molar-refractivity contribution < 1.29 is 27.8 Å². The van der Waals surface area contributed by atoms with E-state index in [1.165, 1.54) is 36.1 Å². The van der Waals surface area contributed by atoms with Gasteiger partial charge in [0, 0.05) is 36.5 Å². The van der Waals surface area contributed by atoms with Gasteiger partial charge in [-0.1, -0.05) is 18.2 Å². The van der Waals surface area contributed by atoms with Gasteiger partial charge in [-0.25, -0.2) is 18.4 Å². The summed E-state index contributed by atoms with van der Waals surface area (Å²) in [6.45, 7) is 13.1. The summed E-state index contributed by atoms with van der Waals surface area (Å²) < 4.78 is 40.7. The number of amides is 2. The maximum atomic E-state index is 14.5. The van der Waals surface area contributed by atoms with Gasteiger partial charge in [-0.15, -0.1) is 0 Å². The number of hydrogen-bond donors (Lipinski definition) is 1. The number of nitrogens with zero attached hydrogens (tertiary/aromatic N) is 4. The molecule has 0 spiro atoms.